The number of nitro benzene ring substituents is 1. The van der Waals surface area contributed by atoms with E-state index in [1.807, 2.05) is 0 Å². The molecule has 0 radical (unpaired) electrons. The summed E-state index contributed by atoms with van der Waals surface area (Å²) < 4.78 is 0. The minimum absolute atomic E-state index is 0.0198. The molecule has 1 aromatic carbocycles. The van der Waals surface area contributed by atoms with Crippen LogP contribution in [0.15, 0.2) is 18.2 Å². The van der Waals surface area contributed by atoms with Crippen LogP contribution in [0.1, 0.15) is 43.0 Å². The van der Waals surface area contributed by atoms with E-state index in [-0.39, 0.29) is 17.3 Å². The van der Waals surface area contributed by atoms with E-state index in [0.29, 0.717) is 11.6 Å². The summed E-state index contributed by atoms with van der Waals surface area (Å²) in [6, 6.07) is 4.40. The minimum Gasteiger partial charge on any atom is -0.377 e. The Kier molecular flexibility index (Phi) is 4.22. The van der Waals surface area contributed by atoms with Gasteiger partial charge in [-0.05, 0) is 43.7 Å². The second-order valence-corrected chi connectivity index (χ2v) is 5.45. The Morgan fingerprint density at radius 1 is 1.35 bits per heavy atom. The summed E-state index contributed by atoms with van der Waals surface area (Å²) in [5.74, 6) is 0.125. The quantitative estimate of drug-likeness (QED) is 0.653. The Morgan fingerprint density at radius 2 is 2.00 bits per heavy atom. The van der Waals surface area contributed by atoms with Gasteiger partial charge in [0.15, 0.2) is 0 Å². The molecule has 3 N–H and O–H groups in total. The molecule has 2 rings (SSSR count). The highest BCUT2D eigenvalue weighted by Gasteiger charge is 2.22. The molecule has 108 valence electrons. The van der Waals surface area contributed by atoms with Crippen molar-refractivity contribution in [2.45, 2.75) is 38.6 Å². The highest BCUT2D eigenvalue weighted by Crippen LogP contribution is 2.30. The Labute approximate surface area is 117 Å². The third-order valence-electron chi connectivity index (χ3n) is 3.85. The third-order valence-corrected chi connectivity index (χ3v) is 3.85. The van der Waals surface area contributed by atoms with E-state index in [1.165, 1.54) is 18.2 Å². The summed E-state index contributed by atoms with van der Waals surface area (Å²) in [4.78, 5) is 21.8. The van der Waals surface area contributed by atoms with Crippen LogP contribution in [0.25, 0.3) is 0 Å². The molecule has 0 saturated heterocycles. The second-order valence-electron chi connectivity index (χ2n) is 5.45. The number of carbonyl (C=O) groups excluding carboxylic acids is 1. The molecule has 0 aromatic heterocycles. The van der Waals surface area contributed by atoms with E-state index in [0.717, 1.165) is 25.7 Å². The van der Waals surface area contributed by atoms with Crippen LogP contribution in [-0.4, -0.2) is 16.9 Å². The predicted molar refractivity (Wildman–Crippen MR) is 76.7 cm³/mol. The molecule has 0 heterocycles. The van der Waals surface area contributed by atoms with Crippen molar-refractivity contribution in [1.29, 1.82) is 0 Å². The SMILES string of the molecule is CC1CCC(Nc2cc(C(N)=O)ccc2[N+](=O)[O-])CC1. The Bertz CT molecular complexity index is 522. The van der Waals surface area contributed by atoms with Crippen molar-refractivity contribution >= 4 is 17.3 Å². The standard InChI is InChI=1S/C14H19N3O3/c1-9-2-5-11(6-3-9)16-12-8-10(14(15)18)4-7-13(12)17(19)20/h4,7-9,11,16H,2-3,5-6H2,1H3,(H2,15,18). The Morgan fingerprint density at radius 3 is 2.55 bits per heavy atom. The van der Waals surface area contributed by atoms with Crippen molar-refractivity contribution in [1.82, 2.24) is 0 Å². The van der Waals surface area contributed by atoms with Crippen LogP contribution in [0.2, 0.25) is 0 Å². The summed E-state index contributed by atoms with van der Waals surface area (Å²) in [6.07, 6.45) is 4.19. The minimum atomic E-state index is -0.583. The topological polar surface area (TPSA) is 98.3 Å². The van der Waals surface area contributed by atoms with Crippen LogP contribution >= 0.6 is 0 Å². The normalized spacial score (nSPS) is 22.2. The molecule has 0 atom stereocenters. The third kappa shape index (κ3) is 3.26. The molecule has 6 heteroatoms. The first-order chi connectivity index (χ1) is 9.47. The molecule has 0 spiro atoms. The summed E-state index contributed by atoms with van der Waals surface area (Å²) in [5.41, 5.74) is 5.86. The number of hydrogen-bond acceptors (Lipinski definition) is 4. The largest absolute Gasteiger partial charge is 0.377 e. The maximum absolute atomic E-state index is 11.2. The number of nitrogens with zero attached hydrogens (tertiary/aromatic N) is 1. The number of primary amides is 1. The number of nitrogens with one attached hydrogen (secondary N) is 1. The number of nitrogens with two attached hydrogens (primary N) is 1. The lowest BCUT2D eigenvalue weighted by Gasteiger charge is -2.27. The fraction of sp³-hybridized carbons (Fsp3) is 0.500. The number of carbonyl (C=O) groups is 1. The van der Waals surface area contributed by atoms with Crippen LogP contribution in [0.3, 0.4) is 0 Å². The van der Waals surface area contributed by atoms with Crippen LogP contribution < -0.4 is 11.1 Å². The first-order valence-electron chi connectivity index (χ1n) is 6.82. The van der Waals surface area contributed by atoms with Gasteiger partial charge in [0.05, 0.1) is 4.92 Å². The van der Waals surface area contributed by atoms with Crippen LogP contribution in [-0.2, 0) is 0 Å². The highest BCUT2D eigenvalue weighted by molar-refractivity contribution is 5.94. The molecular weight excluding hydrogens is 258 g/mol. The van der Waals surface area contributed by atoms with Gasteiger partial charge in [-0.15, -0.1) is 0 Å². The molecule has 6 nitrogen and oxygen atoms in total. The first kappa shape index (κ1) is 14.3. The van der Waals surface area contributed by atoms with Gasteiger partial charge in [-0.2, -0.15) is 0 Å². The van der Waals surface area contributed by atoms with Crippen molar-refractivity contribution in [3.8, 4) is 0 Å². The van der Waals surface area contributed by atoms with E-state index in [4.69, 9.17) is 5.73 Å². The summed E-state index contributed by atoms with van der Waals surface area (Å²) in [7, 11) is 0. The fourth-order valence-corrected chi connectivity index (χ4v) is 2.59. The van der Waals surface area contributed by atoms with Gasteiger partial charge in [-0.3, -0.25) is 14.9 Å². The lowest BCUT2D eigenvalue weighted by Crippen LogP contribution is -2.25. The van der Waals surface area contributed by atoms with Gasteiger partial charge in [0.1, 0.15) is 5.69 Å². The van der Waals surface area contributed by atoms with Gasteiger partial charge in [0, 0.05) is 17.7 Å². The van der Waals surface area contributed by atoms with E-state index in [2.05, 4.69) is 12.2 Å². The molecule has 1 amide bonds. The number of rotatable bonds is 4. The molecule has 1 fully saturated rings. The number of anilines is 1. The van der Waals surface area contributed by atoms with Crippen molar-refractivity contribution in [2.24, 2.45) is 11.7 Å². The van der Waals surface area contributed by atoms with Crippen LogP contribution in [0.4, 0.5) is 11.4 Å². The average molecular weight is 277 g/mol. The number of amides is 1. The van der Waals surface area contributed by atoms with Crippen LogP contribution in [0, 0.1) is 16.0 Å². The summed E-state index contributed by atoms with van der Waals surface area (Å²) in [6.45, 7) is 2.21. The van der Waals surface area contributed by atoms with Crippen molar-refractivity contribution < 1.29 is 9.72 Å². The number of hydrogen-bond donors (Lipinski definition) is 2. The maximum Gasteiger partial charge on any atom is 0.292 e. The zero-order chi connectivity index (χ0) is 14.7. The van der Waals surface area contributed by atoms with Gasteiger partial charge in [-0.25, -0.2) is 0 Å². The zero-order valence-corrected chi connectivity index (χ0v) is 11.5. The smallest absolute Gasteiger partial charge is 0.292 e. The molecular formula is C14H19N3O3. The molecule has 20 heavy (non-hydrogen) atoms. The van der Waals surface area contributed by atoms with Crippen molar-refractivity contribution in [2.75, 3.05) is 5.32 Å². The predicted octanol–water partition coefficient (Wildman–Crippen LogP) is 2.68. The number of benzene rings is 1. The molecule has 0 unspecified atom stereocenters. The van der Waals surface area contributed by atoms with Gasteiger partial charge < -0.3 is 11.1 Å². The van der Waals surface area contributed by atoms with Gasteiger partial charge >= 0.3 is 0 Å². The molecule has 0 aliphatic heterocycles. The summed E-state index contributed by atoms with van der Waals surface area (Å²) >= 11 is 0. The molecule has 1 aliphatic carbocycles. The first-order valence-corrected chi connectivity index (χ1v) is 6.82. The lowest BCUT2D eigenvalue weighted by atomic mass is 9.87. The van der Waals surface area contributed by atoms with Gasteiger partial charge in [0.25, 0.3) is 5.69 Å². The van der Waals surface area contributed by atoms with E-state index in [9.17, 15) is 14.9 Å². The molecule has 1 aliphatic rings. The monoisotopic (exact) mass is 277 g/mol. The maximum atomic E-state index is 11.2. The Hall–Kier alpha value is -2.11. The average Bonchev–Trinajstić information content (AvgIpc) is 2.41. The second kappa shape index (κ2) is 5.90. The molecule has 1 saturated carbocycles. The fourth-order valence-electron chi connectivity index (χ4n) is 2.59. The van der Waals surface area contributed by atoms with Crippen molar-refractivity contribution in [3.63, 3.8) is 0 Å². The molecule has 1 aromatic rings. The van der Waals surface area contributed by atoms with Crippen molar-refractivity contribution in [3.05, 3.63) is 33.9 Å². The highest BCUT2D eigenvalue weighted by atomic mass is 16.6. The van der Waals surface area contributed by atoms with E-state index in [1.54, 1.807) is 0 Å². The number of nitro groups is 1. The molecule has 0 bridgehead atoms. The summed E-state index contributed by atoms with van der Waals surface area (Å²) in [5, 5.41) is 14.2. The van der Waals surface area contributed by atoms with Gasteiger partial charge in [0.2, 0.25) is 5.91 Å². The van der Waals surface area contributed by atoms with E-state index >= 15 is 0 Å². The van der Waals surface area contributed by atoms with Gasteiger partial charge in [-0.1, -0.05) is 6.92 Å². The van der Waals surface area contributed by atoms with Crippen LogP contribution in [0.5, 0.6) is 0 Å². The lowest BCUT2D eigenvalue weighted by molar-refractivity contribution is -0.384. The Balaban J connectivity index is 2.21. The zero-order valence-electron chi connectivity index (χ0n) is 11.5. The van der Waals surface area contributed by atoms with E-state index < -0.39 is 10.8 Å².